The number of rotatable bonds is 7. The highest BCUT2D eigenvalue weighted by molar-refractivity contribution is 4.73. The fraction of sp³-hybridized carbons (Fsp3) is 1.00. The van der Waals surface area contributed by atoms with Crippen molar-refractivity contribution in [1.82, 2.24) is 5.32 Å². The van der Waals surface area contributed by atoms with E-state index in [1.807, 2.05) is 13.8 Å². The fourth-order valence-corrected chi connectivity index (χ4v) is 1.30. The van der Waals surface area contributed by atoms with Crippen molar-refractivity contribution in [2.45, 2.75) is 65.0 Å². The Morgan fingerprint density at radius 1 is 1.31 bits per heavy atom. The molecule has 0 heterocycles. The zero-order valence-electron chi connectivity index (χ0n) is 9.56. The topological polar surface area (TPSA) is 32.3 Å². The Morgan fingerprint density at radius 3 is 2.31 bits per heavy atom. The van der Waals surface area contributed by atoms with Crippen molar-refractivity contribution in [3.8, 4) is 0 Å². The minimum absolute atomic E-state index is 0.575. The van der Waals surface area contributed by atoms with E-state index in [9.17, 15) is 5.11 Å². The molecule has 0 unspecified atom stereocenters. The quantitative estimate of drug-likeness (QED) is 0.641. The first kappa shape index (κ1) is 12.9. The van der Waals surface area contributed by atoms with Crippen LogP contribution in [0.2, 0.25) is 0 Å². The van der Waals surface area contributed by atoms with Gasteiger partial charge in [0, 0.05) is 12.6 Å². The van der Waals surface area contributed by atoms with Gasteiger partial charge >= 0.3 is 0 Å². The lowest BCUT2D eigenvalue weighted by atomic mass is 10.1. The Labute approximate surface area is 82.7 Å². The normalized spacial score (nSPS) is 14.5. The second kappa shape index (κ2) is 6.39. The van der Waals surface area contributed by atoms with Gasteiger partial charge in [0.15, 0.2) is 0 Å². The number of nitrogens with one attached hydrogen (secondary N) is 1. The molecule has 0 aliphatic rings. The van der Waals surface area contributed by atoms with Crippen molar-refractivity contribution >= 4 is 0 Å². The summed E-state index contributed by atoms with van der Waals surface area (Å²) in [5.74, 6) is 0. The van der Waals surface area contributed by atoms with Crippen LogP contribution >= 0.6 is 0 Å². The van der Waals surface area contributed by atoms with Crippen LogP contribution in [0.3, 0.4) is 0 Å². The third kappa shape index (κ3) is 8.26. The van der Waals surface area contributed by atoms with E-state index in [1.165, 1.54) is 19.3 Å². The van der Waals surface area contributed by atoms with Gasteiger partial charge in [0.05, 0.1) is 5.60 Å². The van der Waals surface area contributed by atoms with E-state index in [-0.39, 0.29) is 0 Å². The Balaban J connectivity index is 3.59. The fourth-order valence-electron chi connectivity index (χ4n) is 1.30. The molecule has 0 fully saturated rings. The largest absolute Gasteiger partial charge is 0.389 e. The van der Waals surface area contributed by atoms with Crippen molar-refractivity contribution in [2.75, 3.05) is 6.54 Å². The molecule has 0 rings (SSSR count). The number of aliphatic hydroxyl groups is 1. The Bertz CT molecular complexity index is 118. The third-order valence-electron chi connectivity index (χ3n) is 2.22. The molecule has 0 aromatic carbocycles. The van der Waals surface area contributed by atoms with Gasteiger partial charge < -0.3 is 10.4 Å². The molecule has 0 saturated heterocycles. The number of hydrogen-bond donors (Lipinski definition) is 2. The summed E-state index contributed by atoms with van der Waals surface area (Å²) in [6, 6.07) is 0.575. The molecular weight excluding hydrogens is 162 g/mol. The van der Waals surface area contributed by atoms with Crippen LogP contribution in [0.1, 0.15) is 53.4 Å². The molecule has 2 heteroatoms. The lowest BCUT2D eigenvalue weighted by Gasteiger charge is -2.23. The summed E-state index contributed by atoms with van der Waals surface area (Å²) in [5, 5.41) is 12.9. The van der Waals surface area contributed by atoms with Gasteiger partial charge in [-0.1, -0.05) is 26.7 Å². The van der Waals surface area contributed by atoms with E-state index in [4.69, 9.17) is 0 Å². The van der Waals surface area contributed by atoms with Crippen LogP contribution in [0.25, 0.3) is 0 Å². The summed E-state index contributed by atoms with van der Waals surface area (Å²) in [6.45, 7) is 8.77. The van der Waals surface area contributed by atoms with Crippen LogP contribution < -0.4 is 5.32 Å². The molecule has 0 bridgehead atoms. The van der Waals surface area contributed by atoms with Crippen LogP contribution in [0.4, 0.5) is 0 Å². The standard InChI is InChI=1S/C11H25NO/c1-5-7-8-10(6-2)12-9-11(3,4)13/h10,12-13H,5-9H2,1-4H3/t10-/m0/s1. The molecule has 0 radical (unpaired) electrons. The highest BCUT2D eigenvalue weighted by Crippen LogP contribution is 2.06. The van der Waals surface area contributed by atoms with Crippen LogP contribution in [-0.2, 0) is 0 Å². The smallest absolute Gasteiger partial charge is 0.0715 e. The average molecular weight is 187 g/mol. The van der Waals surface area contributed by atoms with Gasteiger partial charge in [0.1, 0.15) is 0 Å². The number of hydrogen-bond acceptors (Lipinski definition) is 2. The third-order valence-corrected chi connectivity index (χ3v) is 2.22. The SMILES string of the molecule is CCCC[C@H](CC)NCC(C)(C)O. The molecule has 80 valence electrons. The van der Waals surface area contributed by atoms with Crippen LogP contribution in [0.5, 0.6) is 0 Å². The minimum atomic E-state index is -0.584. The maximum atomic E-state index is 9.52. The van der Waals surface area contributed by atoms with E-state index < -0.39 is 5.60 Å². The molecular formula is C11H25NO. The highest BCUT2D eigenvalue weighted by atomic mass is 16.3. The van der Waals surface area contributed by atoms with Crippen molar-refractivity contribution in [3.63, 3.8) is 0 Å². The van der Waals surface area contributed by atoms with Gasteiger partial charge in [-0.25, -0.2) is 0 Å². The summed E-state index contributed by atoms with van der Waals surface area (Å²) in [6.07, 6.45) is 4.90. The van der Waals surface area contributed by atoms with E-state index in [0.717, 1.165) is 6.42 Å². The maximum absolute atomic E-state index is 9.52. The second-order valence-electron chi connectivity index (χ2n) is 4.44. The predicted octanol–water partition coefficient (Wildman–Crippen LogP) is 2.32. The lowest BCUT2D eigenvalue weighted by Crippen LogP contribution is -2.40. The molecule has 13 heavy (non-hydrogen) atoms. The summed E-state index contributed by atoms with van der Waals surface area (Å²) in [4.78, 5) is 0. The van der Waals surface area contributed by atoms with E-state index in [1.54, 1.807) is 0 Å². The summed E-state index contributed by atoms with van der Waals surface area (Å²) < 4.78 is 0. The first-order valence-corrected chi connectivity index (χ1v) is 5.45. The first-order valence-electron chi connectivity index (χ1n) is 5.45. The zero-order chi connectivity index (χ0) is 10.3. The molecule has 0 aliphatic heterocycles. The maximum Gasteiger partial charge on any atom is 0.0715 e. The zero-order valence-corrected chi connectivity index (χ0v) is 9.56. The molecule has 1 atom stereocenters. The van der Waals surface area contributed by atoms with Crippen LogP contribution in [-0.4, -0.2) is 23.3 Å². The molecule has 0 spiro atoms. The van der Waals surface area contributed by atoms with Gasteiger partial charge in [-0.15, -0.1) is 0 Å². The van der Waals surface area contributed by atoms with Crippen molar-refractivity contribution < 1.29 is 5.11 Å². The minimum Gasteiger partial charge on any atom is -0.389 e. The first-order chi connectivity index (χ1) is 5.99. The number of unbranched alkanes of at least 4 members (excludes halogenated alkanes) is 1. The van der Waals surface area contributed by atoms with E-state index in [2.05, 4.69) is 19.2 Å². The Kier molecular flexibility index (Phi) is 6.35. The van der Waals surface area contributed by atoms with Crippen molar-refractivity contribution in [2.24, 2.45) is 0 Å². The lowest BCUT2D eigenvalue weighted by molar-refractivity contribution is 0.0757. The van der Waals surface area contributed by atoms with Gasteiger partial charge in [0.25, 0.3) is 0 Å². The molecule has 0 aromatic heterocycles. The molecule has 0 amide bonds. The van der Waals surface area contributed by atoms with Gasteiger partial charge in [-0.2, -0.15) is 0 Å². The molecule has 2 N–H and O–H groups in total. The van der Waals surface area contributed by atoms with Crippen LogP contribution in [0.15, 0.2) is 0 Å². The van der Waals surface area contributed by atoms with Gasteiger partial charge in [-0.3, -0.25) is 0 Å². The highest BCUT2D eigenvalue weighted by Gasteiger charge is 2.14. The molecule has 0 aromatic rings. The molecule has 0 aliphatic carbocycles. The van der Waals surface area contributed by atoms with E-state index in [0.29, 0.717) is 12.6 Å². The van der Waals surface area contributed by atoms with Crippen LogP contribution in [0, 0.1) is 0 Å². The van der Waals surface area contributed by atoms with Gasteiger partial charge in [0.2, 0.25) is 0 Å². The molecule has 0 saturated carbocycles. The summed E-state index contributed by atoms with van der Waals surface area (Å²) in [5.41, 5.74) is -0.584. The summed E-state index contributed by atoms with van der Waals surface area (Å²) >= 11 is 0. The molecule has 2 nitrogen and oxygen atoms in total. The summed E-state index contributed by atoms with van der Waals surface area (Å²) in [7, 11) is 0. The van der Waals surface area contributed by atoms with E-state index >= 15 is 0 Å². The monoisotopic (exact) mass is 187 g/mol. The average Bonchev–Trinajstić information content (AvgIpc) is 2.03. The Hall–Kier alpha value is -0.0800. The predicted molar refractivity (Wildman–Crippen MR) is 57.9 cm³/mol. The van der Waals surface area contributed by atoms with Crippen molar-refractivity contribution in [3.05, 3.63) is 0 Å². The second-order valence-corrected chi connectivity index (χ2v) is 4.44. The Morgan fingerprint density at radius 2 is 1.92 bits per heavy atom. The van der Waals surface area contributed by atoms with Gasteiger partial charge in [-0.05, 0) is 26.7 Å². The van der Waals surface area contributed by atoms with Crippen molar-refractivity contribution in [1.29, 1.82) is 0 Å².